The van der Waals surface area contributed by atoms with Gasteiger partial charge in [0.15, 0.2) is 21.7 Å². The van der Waals surface area contributed by atoms with E-state index in [1.54, 1.807) is 84.9 Å². The number of Topliss-reactive ketones (excluding diaryl/α,β-unsaturated/α-hetero) is 2. The third-order valence-corrected chi connectivity index (χ3v) is 17.5. The first-order chi connectivity index (χ1) is 44.3. The molecule has 0 saturated heterocycles. The number of para-hydroxylation sites is 2. The molecular formula is C64H61N15O9S4. The number of hydrogen-bond donors (Lipinski definition) is 5. The summed E-state index contributed by atoms with van der Waals surface area (Å²) in [5.74, 6) is -1.47. The molecule has 3 heterocycles. The summed E-state index contributed by atoms with van der Waals surface area (Å²) in [5, 5.41) is 40.8. The van der Waals surface area contributed by atoms with E-state index in [4.69, 9.17) is 31.0 Å². The molecule has 0 unspecified atom stereocenters. The van der Waals surface area contributed by atoms with E-state index < -0.39 is 49.5 Å². The Balaban J connectivity index is 1.24. The molecule has 0 radical (unpaired) electrons. The number of benzene rings is 5. The maximum Gasteiger partial charge on any atom is 0.297 e. The Morgan fingerprint density at radius 3 is 1.58 bits per heavy atom. The van der Waals surface area contributed by atoms with Gasteiger partial charge in [-0.15, -0.1) is 38.0 Å². The summed E-state index contributed by atoms with van der Waals surface area (Å²) in [6.45, 7) is 20.6. The maximum atomic E-state index is 13.5. The molecule has 92 heavy (non-hydrogen) atoms. The van der Waals surface area contributed by atoms with Crippen LogP contribution < -0.4 is 40.5 Å². The number of azo groups is 2. The van der Waals surface area contributed by atoms with E-state index in [0.717, 1.165) is 29.9 Å². The van der Waals surface area contributed by atoms with Gasteiger partial charge in [-0.25, -0.2) is 4.85 Å². The number of aromatic nitrogens is 3. The Labute approximate surface area is 543 Å². The molecule has 28 heteroatoms. The number of carbonyl (C=O) groups is 4. The first-order valence-electron chi connectivity index (χ1n) is 28.3. The minimum Gasteiger partial charge on any atom is -0.494 e. The average molecular weight is 1310 g/mol. The van der Waals surface area contributed by atoms with Crippen molar-refractivity contribution in [2.45, 2.75) is 57.3 Å². The first-order valence-corrected chi connectivity index (χ1v) is 32.4. The first kappa shape index (κ1) is 67.4. The molecule has 5 aromatic carbocycles. The summed E-state index contributed by atoms with van der Waals surface area (Å²) in [7, 11) is -2.20. The van der Waals surface area contributed by atoms with Crippen LogP contribution in [0.25, 0.3) is 17.0 Å². The van der Waals surface area contributed by atoms with E-state index in [1.807, 2.05) is 69.0 Å². The fourth-order valence-electron chi connectivity index (χ4n) is 9.05. The SMILES string of the molecule is [C-]#[N+]c1cc(/C=C(\C(C)=O)C(=O)Nc2ccccc2)sc1N=Nc1cc(OC)c(N(CC)CC)cc1Nc1nc(Nc2cc(N(CC)CC)c(OC)cc2N=Nc2sc(/C=C(/C(C)=O)C(=O)Nc3ccccc3)c(S(=O)(=O)O)c2C#N)nc(SCc2ccccc2)n1. The van der Waals surface area contributed by atoms with Crippen molar-refractivity contribution in [3.63, 3.8) is 0 Å². The average Bonchev–Trinajstić information content (AvgIpc) is 1.51. The Morgan fingerprint density at radius 2 is 1.14 bits per heavy atom. The number of amides is 2. The van der Waals surface area contributed by atoms with Gasteiger partial charge in [0, 0.05) is 60.3 Å². The van der Waals surface area contributed by atoms with Crippen molar-refractivity contribution in [1.29, 1.82) is 5.26 Å². The number of methoxy groups -OCH3 is 2. The monoisotopic (exact) mass is 1310 g/mol. The third kappa shape index (κ3) is 16.9. The predicted molar refractivity (Wildman–Crippen MR) is 361 cm³/mol. The van der Waals surface area contributed by atoms with Gasteiger partial charge in [-0.05, 0) is 102 Å². The fraction of sp³-hybridized carbons (Fsp3) is 0.203. The molecule has 8 aromatic rings. The lowest BCUT2D eigenvalue weighted by molar-refractivity contribution is -0.120. The Kier molecular flexibility index (Phi) is 22.9. The van der Waals surface area contributed by atoms with E-state index >= 15 is 0 Å². The summed E-state index contributed by atoms with van der Waals surface area (Å²) in [6.07, 6.45) is 2.38. The fourth-order valence-corrected chi connectivity index (χ4v) is 12.8. The lowest BCUT2D eigenvalue weighted by atomic mass is 10.1. The summed E-state index contributed by atoms with van der Waals surface area (Å²) in [6, 6.07) is 36.7. The van der Waals surface area contributed by atoms with Gasteiger partial charge in [-0.2, -0.15) is 33.7 Å². The van der Waals surface area contributed by atoms with E-state index in [2.05, 4.69) is 51.5 Å². The Bertz CT molecular complexity index is 4380. The van der Waals surface area contributed by atoms with Crippen molar-refractivity contribution in [2.75, 3.05) is 71.5 Å². The highest BCUT2D eigenvalue weighted by Crippen LogP contribution is 2.46. The minimum absolute atomic E-state index is 0.00505. The highest BCUT2D eigenvalue weighted by Gasteiger charge is 2.29. The number of rotatable bonds is 28. The molecule has 0 saturated carbocycles. The Morgan fingerprint density at radius 1 is 0.674 bits per heavy atom. The smallest absolute Gasteiger partial charge is 0.297 e. The van der Waals surface area contributed by atoms with Gasteiger partial charge in [0.2, 0.25) is 17.6 Å². The number of thiophene rings is 2. The van der Waals surface area contributed by atoms with Gasteiger partial charge in [0.1, 0.15) is 44.4 Å². The largest absolute Gasteiger partial charge is 0.494 e. The summed E-state index contributed by atoms with van der Waals surface area (Å²) >= 11 is 2.95. The van der Waals surface area contributed by atoms with Crippen LogP contribution in [0.15, 0.2) is 163 Å². The van der Waals surface area contributed by atoms with Crippen LogP contribution in [-0.2, 0) is 35.0 Å². The zero-order chi connectivity index (χ0) is 66.1. The maximum absolute atomic E-state index is 13.5. The van der Waals surface area contributed by atoms with Crippen molar-refractivity contribution >= 4 is 153 Å². The van der Waals surface area contributed by atoms with Crippen LogP contribution in [0.5, 0.6) is 11.5 Å². The zero-order valence-corrected chi connectivity index (χ0v) is 54.3. The van der Waals surface area contributed by atoms with Crippen molar-refractivity contribution in [2.24, 2.45) is 20.5 Å². The lowest BCUT2D eigenvalue weighted by Crippen LogP contribution is -2.22. The van der Waals surface area contributed by atoms with Crippen LogP contribution in [0.4, 0.5) is 73.1 Å². The van der Waals surface area contributed by atoms with Crippen LogP contribution in [0, 0.1) is 17.9 Å². The van der Waals surface area contributed by atoms with Gasteiger partial charge in [-0.1, -0.05) is 78.5 Å². The van der Waals surface area contributed by atoms with Crippen molar-refractivity contribution in [1.82, 2.24) is 15.0 Å². The standard InChI is InChI=1S/C64H61N15O9S4/c1-10-78(11-2)52-32-47(49(34-54(52)87-8)74-76-60-46(36-65)57(92(84,85)86)56(91-60)31-45(39(6)81)59(83)68-42-27-21-16-22-28-42)69-62-71-63(73-64(72-62)89-37-40-23-17-14-18-24-40)70-48-33-53(79(12-3)13-4)55(88-9)35-50(48)75-77-61-51(66-7)30-43(90-61)29-44(38(5)80)58(82)67-41-25-19-15-20-26-41/h14-35H,10-13,37H2,1-6,8-9H3,(H,67,82)(H,68,83)(H,84,85,86)(H2,69,70,71,72,73)/b44-29+,45-31-,76-74?,77-75?. The second kappa shape index (κ2) is 31.3. The molecule has 5 N–H and O–H groups in total. The normalized spacial score (nSPS) is 11.6. The topological polar surface area (TPSA) is 312 Å². The highest BCUT2D eigenvalue weighted by atomic mass is 32.2. The summed E-state index contributed by atoms with van der Waals surface area (Å²) in [4.78, 5) is 74.2. The number of hydrogen-bond acceptors (Lipinski definition) is 23. The van der Waals surface area contributed by atoms with Crippen LogP contribution >= 0.6 is 34.4 Å². The summed E-state index contributed by atoms with van der Waals surface area (Å²) in [5.41, 5.74) is 2.90. The summed E-state index contributed by atoms with van der Waals surface area (Å²) < 4.78 is 48.6. The predicted octanol–water partition coefficient (Wildman–Crippen LogP) is 15.2. The van der Waals surface area contributed by atoms with Gasteiger partial charge >= 0.3 is 0 Å². The molecule has 0 atom stereocenters. The van der Waals surface area contributed by atoms with Crippen molar-refractivity contribution < 1.29 is 41.6 Å². The number of ether oxygens (including phenoxy) is 2. The molecule has 0 spiro atoms. The van der Waals surface area contributed by atoms with Crippen molar-refractivity contribution in [3.05, 3.63) is 165 Å². The molecule has 0 aliphatic heterocycles. The molecule has 0 fully saturated rings. The zero-order valence-electron chi connectivity index (χ0n) is 51.0. The molecule has 24 nitrogen and oxygen atoms in total. The van der Waals surface area contributed by atoms with Gasteiger partial charge in [0.25, 0.3) is 21.9 Å². The van der Waals surface area contributed by atoms with Crippen molar-refractivity contribution in [3.8, 4) is 17.6 Å². The molecule has 2 amide bonds. The third-order valence-electron chi connectivity index (χ3n) is 13.6. The molecule has 3 aromatic heterocycles. The number of nitriles is 1. The lowest BCUT2D eigenvalue weighted by Gasteiger charge is -2.25. The van der Waals surface area contributed by atoms with E-state index in [1.165, 1.54) is 45.0 Å². The van der Waals surface area contributed by atoms with E-state index in [9.17, 15) is 37.4 Å². The molecule has 470 valence electrons. The van der Waals surface area contributed by atoms with Crippen LogP contribution in [0.3, 0.4) is 0 Å². The highest BCUT2D eigenvalue weighted by molar-refractivity contribution is 7.98. The Hall–Kier alpha value is -10.5. The number of nitrogens with one attached hydrogen (secondary N) is 4. The second-order valence-electron chi connectivity index (χ2n) is 19.5. The van der Waals surface area contributed by atoms with Crippen LogP contribution in [-0.4, -0.2) is 91.7 Å². The number of nitrogens with zero attached hydrogens (tertiary/aromatic N) is 11. The van der Waals surface area contributed by atoms with Crippen LogP contribution in [0.2, 0.25) is 0 Å². The van der Waals surface area contributed by atoms with Gasteiger partial charge in [0.05, 0.1) is 59.6 Å². The minimum atomic E-state index is -5.20. The van der Waals surface area contributed by atoms with Gasteiger partial charge < -0.3 is 40.5 Å². The number of ketones is 2. The van der Waals surface area contributed by atoms with Gasteiger partial charge in [-0.3, -0.25) is 23.7 Å². The van der Waals surface area contributed by atoms with E-state index in [0.29, 0.717) is 88.1 Å². The number of anilines is 8. The molecule has 8 rings (SSSR count). The van der Waals surface area contributed by atoms with E-state index in [-0.39, 0.29) is 60.3 Å². The number of thioether (sulfide) groups is 1. The second-order valence-corrected chi connectivity index (χ2v) is 23.9. The molecule has 0 aliphatic carbocycles. The number of carbonyl (C=O) groups excluding carboxylic acids is 4. The molecular weight excluding hydrogens is 1250 g/mol. The van der Waals surface area contributed by atoms with Crippen LogP contribution in [0.1, 0.15) is 62.4 Å². The quantitative estimate of drug-likeness (QED) is 0.00579. The molecule has 0 bridgehead atoms. The molecule has 0 aliphatic rings.